The number of nitrogens with one attached hydrogen (secondary N) is 1. The Kier molecular flexibility index (Phi) is 6.88. The van der Waals surface area contributed by atoms with Crippen molar-refractivity contribution in [1.29, 1.82) is 5.26 Å². The molecule has 6 rings (SSSR count). The average molecular weight is 525 g/mol. The lowest BCUT2D eigenvalue weighted by Crippen LogP contribution is -2.46. The molecule has 4 heterocycles. The van der Waals surface area contributed by atoms with E-state index in [1.54, 1.807) is 35.5 Å². The molecule has 2 aromatic carbocycles. The summed E-state index contributed by atoms with van der Waals surface area (Å²) in [6.07, 6.45) is 5.28. The molecular weight excluding hydrogens is 496 g/mol. The van der Waals surface area contributed by atoms with E-state index in [1.807, 2.05) is 18.2 Å². The van der Waals surface area contributed by atoms with Crippen LogP contribution in [0.25, 0.3) is 33.6 Å². The predicted molar refractivity (Wildman–Crippen MR) is 144 cm³/mol. The summed E-state index contributed by atoms with van der Waals surface area (Å²) in [7, 11) is 0. The van der Waals surface area contributed by atoms with Crippen LogP contribution in [-0.4, -0.2) is 53.4 Å². The van der Waals surface area contributed by atoms with Gasteiger partial charge < -0.3 is 19.0 Å². The number of aromatic nitrogens is 1. The van der Waals surface area contributed by atoms with Crippen molar-refractivity contribution < 1.29 is 23.8 Å². The van der Waals surface area contributed by atoms with Gasteiger partial charge in [-0.15, -0.1) is 0 Å². The number of phenols is 1. The third kappa shape index (κ3) is 5.04. The molecule has 9 nitrogen and oxygen atoms in total. The van der Waals surface area contributed by atoms with Gasteiger partial charge in [0.1, 0.15) is 34.9 Å². The molecular formula is C30H28N4O5. The second-order valence-corrected chi connectivity index (χ2v) is 9.74. The van der Waals surface area contributed by atoms with Crippen LogP contribution in [0, 0.1) is 11.3 Å². The van der Waals surface area contributed by atoms with E-state index in [4.69, 9.17) is 13.9 Å². The van der Waals surface area contributed by atoms with Crippen LogP contribution in [0.1, 0.15) is 41.6 Å². The van der Waals surface area contributed by atoms with Crippen LogP contribution in [0.3, 0.4) is 0 Å². The van der Waals surface area contributed by atoms with Gasteiger partial charge in [-0.25, -0.2) is 5.43 Å². The average Bonchev–Trinajstić information content (AvgIpc) is 3.42. The molecule has 2 aliphatic heterocycles. The Labute approximate surface area is 225 Å². The number of benzene rings is 2. The molecule has 2 saturated heterocycles. The number of amides is 1. The number of ether oxygens (including phenoxy) is 2. The number of fused-ring (bicyclic) bond motifs is 1. The van der Waals surface area contributed by atoms with Gasteiger partial charge in [0.25, 0.3) is 5.91 Å². The summed E-state index contributed by atoms with van der Waals surface area (Å²) >= 11 is 0. The Hall–Kier alpha value is -4.39. The maximum absolute atomic E-state index is 12.8. The zero-order valence-electron chi connectivity index (χ0n) is 21.4. The summed E-state index contributed by atoms with van der Waals surface area (Å²) in [5.41, 5.74) is 7.09. The summed E-state index contributed by atoms with van der Waals surface area (Å²) in [6.45, 7) is 2.70. The fourth-order valence-electron chi connectivity index (χ4n) is 5.05. The van der Waals surface area contributed by atoms with Crippen molar-refractivity contribution in [2.24, 2.45) is 0 Å². The Balaban J connectivity index is 1.29. The molecule has 0 radical (unpaired) electrons. The second-order valence-electron chi connectivity index (χ2n) is 9.74. The summed E-state index contributed by atoms with van der Waals surface area (Å²) in [5, 5.41) is 22.2. The molecule has 4 aromatic rings. The number of aromatic hydroxyl groups is 1. The van der Waals surface area contributed by atoms with Gasteiger partial charge in [0.2, 0.25) is 0 Å². The van der Waals surface area contributed by atoms with Crippen molar-refractivity contribution in [3.05, 3.63) is 65.9 Å². The van der Waals surface area contributed by atoms with E-state index < -0.39 is 0 Å². The maximum atomic E-state index is 12.8. The summed E-state index contributed by atoms with van der Waals surface area (Å²) in [6, 6.07) is 16.2. The van der Waals surface area contributed by atoms with Gasteiger partial charge in [-0.3, -0.25) is 14.8 Å². The number of carbonyl (C=O) groups excluding carboxylic acids is 1. The van der Waals surface area contributed by atoms with Crippen LogP contribution in [-0.2, 0) is 4.74 Å². The van der Waals surface area contributed by atoms with Crippen molar-refractivity contribution in [2.75, 3.05) is 26.3 Å². The fourth-order valence-corrected chi connectivity index (χ4v) is 5.05. The van der Waals surface area contributed by atoms with Gasteiger partial charge in [-0.2, -0.15) is 5.26 Å². The third-order valence-electron chi connectivity index (χ3n) is 7.15. The number of furan rings is 1. The van der Waals surface area contributed by atoms with E-state index in [2.05, 4.69) is 16.5 Å². The fraction of sp³-hybridized carbons (Fsp3) is 0.300. The minimum atomic E-state index is -0.178. The lowest BCUT2D eigenvalue weighted by Gasteiger charge is -2.27. The van der Waals surface area contributed by atoms with Gasteiger partial charge >= 0.3 is 0 Å². The first kappa shape index (κ1) is 24.9. The molecule has 0 bridgehead atoms. The molecule has 0 saturated carbocycles. The van der Waals surface area contributed by atoms with Gasteiger partial charge in [0.15, 0.2) is 5.58 Å². The molecule has 0 aliphatic carbocycles. The first-order valence-electron chi connectivity index (χ1n) is 13.2. The Bertz CT molecular complexity index is 1560. The van der Waals surface area contributed by atoms with E-state index in [-0.39, 0.29) is 17.8 Å². The summed E-state index contributed by atoms with van der Waals surface area (Å²) < 4.78 is 17.7. The van der Waals surface area contributed by atoms with E-state index in [9.17, 15) is 15.2 Å². The zero-order valence-corrected chi connectivity index (χ0v) is 21.4. The number of hydrazine groups is 1. The molecule has 2 aromatic heterocycles. The smallest absolute Gasteiger partial charge is 0.268 e. The molecule has 2 N–H and O–H groups in total. The van der Waals surface area contributed by atoms with Crippen LogP contribution in [0.4, 0.5) is 0 Å². The first-order valence-corrected chi connectivity index (χ1v) is 13.2. The highest BCUT2D eigenvalue weighted by Crippen LogP contribution is 2.38. The van der Waals surface area contributed by atoms with Crippen LogP contribution in [0.5, 0.6) is 11.5 Å². The molecule has 0 spiro atoms. The lowest BCUT2D eigenvalue weighted by molar-refractivity contribution is 0.0254. The van der Waals surface area contributed by atoms with E-state index in [1.165, 1.54) is 6.07 Å². The normalized spacial score (nSPS) is 16.2. The summed E-state index contributed by atoms with van der Waals surface area (Å²) in [5.74, 6) is 0.748. The van der Waals surface area contributed by atoms with Crippen LogP contribution < -0.4 is 10.2 Å². The molecule has 39 heavy (non-hydrogen) atoms. The van der Waals surface area contributed by atoms with Crippen molar-refractivity contribution in [3.63, 3.8) is 0 Å². The third-order valence-corrected chi connectivity index (χ3v) is 7.15. The van der Waals surface area contributed by atoms with Crippen LogP contribution in [0.2, 0.25) is 0 Å². The van der Waals surface area contributed by atoms with E-state index >= 15 is 0 Å². The van der Waals surface area contributed by atoms with Crippen molar-refractivity contribution in [3.8, 4) is 40.0 Å². The first-order chi connectivity index (χ1) is 19.1. The number of phenolic OH excluding ortho intramolecular Hbond substituents is 1. The molecule has 9 heteroatoms. The number of hydrogen-bond acceptors (Lipinski definition) is 8. The van der Waals surface area contributed by atoms with Crippen LogP contribution in [0.15, 0.2) is 59.1 Å². The molecule has 0 unspecified atom stereocenters. The van der Waals surface area contributed by atoms with Crippen molar-refractivity contribution in [1.82, 2.24) is 15.4 Å². The topological polar surface area (TPSA) is 121 Å². The van der Waals surface area contributed by atoms with Crippen molar-refractivity contribution >= 4 is 17.0 Å². The maximum Gasteiger partial charge on any atom is 0.268 e. The number of pyridine rings is 1. The second kappa shape index (κ2) is 10.8. The standard InChI is InChI=1S/C30H28N4O5/c31-18-21-15-19(4-6-27(21)38-22-8-13-37-14-9-22)23-7-11-32-25-17-28(39-29(23)25)24-5-3-20(16-26(24)35)30(36)34-12-2-1-10-33-34/h3-7,11,15-17,22,33,35H,1-2,8-10,12-14H2. The van der Waals surface area contributed by atoms with Crippen molar-refractivity contribution in [2.45, 2.75) is 31.8 Å². The largest absolute Gasteiger partial charge is 0.507 e. The number of nitrogens with zero attached hydrogens (tertiary/aromatic N) is 3. The van der Waals surface area contributed by atoms with Gasteiger partial charge in [-0.1, -0.05) is 6.07 Å². The number of rotatable bonds is 5. The number of hydrogen-bond donors (Lipinski definition) is 2. The zero-order chi connectivity index (χ0) is 26.8. The molecule has 198 valence electrons. The molecule has 1 amide bonds. The Morgan fingerprint density at radius 3 is 2.74 bits per heavy atom. The molecule has 0 atom stereocenters. The minimum absolute atomic E-state index is 0.0300. The highest BCUT2D eigenvalue weighted by molar-refractivity contribution is 5.96. The van der Waals surface area contributed by atoms with Gasteiger partial charge in [0, 0.05) is 49.3 Å². The highest BCUT2D eigenvalue weighted by Gasteiger charge is 2.22. The predicted octanol–water partition coefficient (Wildman–Crippen LogP) is 5.04. The van der Waals surface area contributed by atoms with Crippen LogP contribution >= 0.6 is 0 Å². The summed E-state index contributed by atoms with van der Waals surface area (Å²) in [4.78, 5) is 17.3. The quantitative estimate of drug-likeness (QED) is 0.373. The Morgan fingerprint density at radius 2 is 1.97 bits per heavy atom. The molecule has 2 aliphatic rings. The minimum Gasteiger partial charge on any atom is -0.507 e. The van der Waals surface area contributed by atoms with Gasteiger partial charge in [-0.05, 0) is 54.8 Å². The number of nitriles is 1. The highest BCUT2D eigenvalue weighted by atomic mass is 16.5. The van der Waals surface area contributed by atoms with E-state index in [0.717, 1.165) is 43.4 Å². The van der Waals surface area contributed by atoms with Gasteiger partial charge in [0.05, 0.1) is 24.3 Å². The van der Waals surface area contributed by atoms with E-state index in [0.29, 0.717) is 59.1 Å². The number of carbonyl (C=O) groups is 1. The monoisotopic (exact) mass is 524 g/mol. The SMILES string of the molecule is N#Cc1cc(-c2ccnc3cc(-c4ccc(C(=O)N5CCCCN5)cc4O)oc23)ccc1OC1CCOCC1. The molecule has 2 fully saturated rings. The Morgan fingerprint density at radius 1 is 1.10 bits per heavy atom. The lowest BCUT2D eigenvalue weighted by atomic mass is 10.0.